The monoisotopic (exact) mass is 310 g/mol. The third kappa shape index (κ3) is 3.85. The van der Waals surface area contributed by atoms with E-state index in [0.29, 0.717) is 26.1 Å². The van der Waals surface area contributed by atoms with Crippen molar-refractivity contribution >= 4 is 11.9 Å². The Morgan fingerprint density at radius 3 is 2.77 bits per heavy atom. The minimum atomic E-state index is -0.914. The highest BCUT2D eigenvalue weighted by Gasteiger charge is 2.29. The summed E-state index contributed by atoms with van der Waals surface area (Å²) in [5.41, 5.74) is 1.78. The van der Waals surface area contributed by atoms with E-state index in [1.165, 1.54) is 0 Å². The number of carbonyl (C=O) groups excluding carboxylic acids is 1. The second kappa shape index (κ2) is 6.91. The van der Waals surface area contributed by atoms with E-state index < -0.39 is 12.1 Å². The van der Waals surface area contributed by atoms with Gasteiger partial charge in [-0.3, -0.25) is 9.59 Å². The van der Waals surface area contributed by atoms with Crippen LogP contribution < -0.4 is 0 Å². The molecule has 2 rings (SSSR count). The summed E-state index contributed by atoms with van der Waals surface area (Å²) in [6.45, 7) is 6.78. The number of ether oxygens (including phenoxy) is 1. The first-order valence-corrected chi connectivity index (χ1v) is 7.42. The van der Waals surface area contributed by atoms with Crippen molar-refractivity contribution in [3.63, 3.8) is 0 Å². The number of hydrogen-bond donors (Lipinski definition) is 1. The van der Waals surface area contributed by atoms with E-state index >= 15 is 0 Å². The molecule has 1 fully saturated rings. The van der Waals surface area contributed by atoms with E-state index in [9.17, 15) is 9.59 Å². The average Bonchev–Trinajstić information content (AvgIpc) is 2.78. The predicted molar refractivity (Wildman–Crippen MR) is 77.4 cm³/mol. The van der Waals surface area contributed by atoms with Crippen molar-refractivity contribution in [3.8, 4) is 0 Å². The largest absolute Gasteiger partial charge is 0.481 e. The summed E-state index contributed by atoms with van der Waals surface area (Å²) in [6.07, 6.45) is 0.0599. The van der Waals surface area contributed by atoms with Crippen LogP contribution in [0.1, 0.15) is 30.4 Å². The number of aliphatic carboxylic acids is 1. The Hall–Kier alpha value is -1.89. The molecule has 0 unspecified atom stereocenters. The molecule has 7 heteroatoms. The Bertz CT molecular complexity index is 535. The average molecular weight is 310 g/mol. The number of nitrogens with zero attached hydrogens (tertiary/aromatic N) is 2. The van der Waals surface area contributed by atoms with Crippen molar-refractivity contribution in [1.29, 1.82) is 0 Å². The lowest BCUT2D eigenvalue weighted by atomic mass is 9.98. The number of carboxylic acids is 1. The quantitative estimate of drug-likeness (QED) is 0.877. The van der Waals surface area contributed by atoms with E-state index in [1.54, 1.807) is 4.90 Å². The molecule has 0 aliphatic carbocycles. The number of carbonyl (C=O) groups is 2. The maximum absolute atomic E-state index is 12.6. The number of rotatable bonds is 5. The first kappa shape index (κ1) is 16.5. The summed E-state index contributed by atoms with van der Waals surface area (Å²) in [6, 6.07) is 0. The smallest absolute Gasteiger partial charge is 0.306 e. The van der Waals surface area contributed by atoms with Gasteiger partial charge in [-0.25, -0.2) is 0 Å². The van der Waals surface area contributed by atoms with Gasteiger partial charge in [0.15, 0.2) is 0 Å². The standard InChI is InChI=1S/C15H22N2O5/c1-9(6-13-10(2)16-22-11(13)3)15(20)17-4-5-21-12(8-17)7-14(18)19/h9,12H,4-8H2,1-3H3,(H,18,19)/t9-,12+/m1/s1. The van der Waals surface area contributed by atoms with Gasteiger partial charge in [-0.2, -0.15) is 0 Å². The zero-order chi connectivity index (χ0) is 16.3. The van der Waals surface area contributed by atoms with Crippen LogP contribution in [0.15, 0.2) is 4.52 Å². The minimum Gasteiger partial charge on any atom is -0.481 e. The first-order chi connectivity index (χ1) is 10.4. The zero-order valence-electron chi connectivity index (χ0n) is 13.2. The van der Waals surface area contributed by atoms with E-state index in [1.807, 2.05) is 20.8 Å². The van der Waals surface area contributed by atoms with Crippen LogP contribution in [-0.4, -0.2) is 52.8 Å². The fourth-order valence-corrected chi connectivity index (χ4v) is 2.74. The number of aromatic nitrogens is 1. The normalized spacial score (nSPS) is 20.0. The van der Waals surface area contributed by atoms with Crippen molar-refractivity contribution < 1.29 is 24.0 Å². The van der Waals surface area contributed by atoms with Crippen LogP contribution in [0.2, 0.25) is 0 Å². The second-order valence-corrected chi connectivity index (χ2v) is 5.78. The van der Waals surface area contributed by atoms with Crippen LogP contribution in [0.4, 0.5) is 0 Å². The second-order valence-electron chi connectivity index (χ2n) is 5.78. The summed E-state index contributed by atoms with van der Waals surface area (Å²) in [7, 11) is 0. The molecule has 0 spiro atoms. The highest BCUT2D eigenvalue weighted by atomic mass is 16.5. The van der Waals surface area contributed by atoms with Crippen molar-refractivity contribution in [2.75, 3.05) is 19.7 Å². The molecule has 0 saturated carbocycles. The molecule has 0 radical (unpaired) electrons. The highest BCUT2D eigenvalue weighted by molar-refractivity contribution is 5.79. The van der Waals surface area contributed by atoms with Gasteiger partial charge in [-0.1, -0.05) is 12.1 Å². The highest BCUT2D eigenvalue weighted by Crippen LogP contribution is 2.20. The molecule has 1 amide bonds. The lowest BCUT2D eigenvalue weighted by molar-refractivity contribution is -0.149. The zero-order valence-corrected chi connectivity index (χ0v) is 13.2. The van der Waals surface area contributed by atoms with Gasteiger partial charge in [0, 0.05) is 24.6 Å². The number of aryl methyl sites for hydroxylation is 2. The van der Waals surface area contributed by atoms with Crippen LogP contribution in [-0.2, 0) is 20.7 Å². The minimum absolute atomic E-state index is 0.0127. The van der Waals surface area contributed by atoms with E-state index in [2.05, 4.69) is 5.16 Å². The van der Waals surface area contributed by atoms with Gasteiger partial charge >= 0.3 is 5.97 Å². The fraction of sp³-hybridized carbons (Fsp3) is 0.667. The third-order valence-corrected chi connectivity index (χ3v) is 3.97. The topological polar surface area (TPSA) is 92.9 Å². The number of hydrogen-bond acceptors (Lipinski definition) is 5. The molecule has 7 nitrogen and oxygen atoms in total. The van der Waals surface area contributed by atoms with E-state index in [-0.39, 0.29) is 18.2 Å². The molecule has 2 heterocycles. The Balaban J connectivity index is 1.96. The first-order valence-electron chi connectivity index (χ1n) is 7.42. The van der Waals surface area contributed by atoms with Crippen LogP contribution in [0, 0.1) is 19.8 Å². The molecule has 122 valence electrons. The van der Waals surface area contributed by atoms with Gasteiger partial charge in [0.05, 0.1) is 24.8 Å². The van der Waals surface area contributed by atoms with Gasteiger partial charge in [0.2, 0.25) is 5.91 Å². The molecule has 1 aromatic heterocycles. The lowest BCUT2D eigenvalue weighted by Crippen LogP contribution is -2.48. The van der Waals surface area contributed by atoms with Crippen LogP contribution >= 0.6 is 0 Å². The summed E-state index contributed by atoms with van der Waals surface area (Å²) in [5, 5.41) is 12.7. The Morgan fingerprint density at radius 1 is 1.45 bits per heavy atom. The van der Waals surface area contributed by atoms with E-state index in [0.717, 1.165) is 17.0 Å². The maximum atomic E-state index is 12.6. The van der Waals surface area contributed by atoms with Crippen LogP contribution in [0.25, 0.3) is 0 Å². The Labute approximate surface area is 129 Å². The van der Waals surface area contributed by atoms with Crippen LogP contribution in [0.3, 0.4) is 0 Å². The van der Waals surface area contributed by atoms with Gasteiger partial charge in [0.25, 0.3) is 0 Å². The Kier molecular flexibility index (Phi) is 5.18. The predicted octanol–water partition coefficient (Wildman–Crippen LogP) is 1.17. The molecular formula is C15H22N2O5. The SMILES string of the molecule is Cc1noc(C)c1C[C@@H](C)C(=O)N1CCO[C@@H](CC(=O)O)C1. The van der Waals surface area contributed by atoms with Gasteiger partial charge in [-0.15, -0.1) is 0 Å². The van der Waals surface area contributed by atoms with Crippen molar-refractivity contribution in [2.45, 2.75) is 39.7 Å². The molecule has 0 bridgehead atoms. The molecule has 1 aromatic rings. The maximum Gasteiger partial charge on any atom is 0.306 e. The van der Waals surface area contributed by atoms with Gasteiger partial charge < -0.3 is 19.3 Å². The van der Waals surface area contributed by atoms with Gasteiger partial charge in [0.1, 0.15) is 5.76 Å². The lowest BCUT2D eigenvalue weighted by Gasteiger charge is -2.34. The Morgan fingerprint density at radius 2 is 2.18 bits per heavy atom. The number of carboxylic acid groups (broad SMARTS) is 1. The van der Waals surface area contributed by atoms with Crippen molar-refractivity contribution in [2.24, 2.45) is 5.92 Å². The fourth-order valence-electron chi connectivity index (χ4n) is 2.74. The summed E-state index contributed by atoms with van der Waals surface area (Å²) >= 11 is 0. The molecule has 1 aliphatic rings. The molecule has 1 aliphatic heterocycles. The summed E-state index contributed by atoms with van der Waals surface area (Å²) < 4.78 is 10.5. The molecule has 22 heavy (non-hydrogen) atoms. The number of morpholine rings is 1. The molecule has 1 saturated heterocycles. The molecule has 0 aromatic carbocycles. The number of amides is 1. The summed E-state index contributed by atoms with van der Waals surface area (Å²) in [4.78, 5) is 25.0. The molecule has 2 atom stereocenters. The summed E-state index contributed by atoms with van der Waals surface area (Å²) in [5.74, 6) is -0.370. The van der Waals surface area contributed by atoms with Crippen molar-refractivity contribution in [3.05, 3.63) is 17.0 Å². The molecular weight excluding hydrogens is 288 g/mol. The van der Waals surface area contributed by atoms with Crippen LogP contribution in [0.5, 0.6) is 0 Å². The third-order valence-electron chi connectivity index (χ3n) is 3.97. The van der Waals surface area contributed by atoms with E-state index in [4.69, 9.17) is 14.4 Å². The van der Waals surface area contributed by atoms with Gasteiger partial charge in [-0.05, 0) is 20.3 Å². The molecule has 1 N–H and O–H groups in total. The van der Waals surface area contributed by atoms with Crippen molar-refractivity contribution in [1.82, 2.24) is 10.1 Å².